The van der Waals surface area contributed by atoms with Gasteiger partial charge in [-0.05, 0) is 32.2 Å². The Hall–Kier alpha value is -1.68. The van der Waals surface area contributed by atoms with Gasteiger partial charge in [-0.1, -0.05) is 30.3 Å². The summed E-state index contributed by atoms with van der Waals surface area (Å²) in [5.74, 6) is 0.527. The lowest BCUT2D eigenvalue weighted by molar-refractivity contribution is -0.144. The molecular formula is C19H25NO3. The molecule has 0 N–H and O–H groups in total. The van der Waals surface area contributed by atoms with Crippen molar-refractivity contribution < 1.29 is 14.3 Å². The van der Waals surface area contributed by atoms with E-state index in [0.29, 0.717) is 31.0 Å². The van der Waals surface area contributed by atoms with Gasteiger partial charge in [-0.25, -0.2) is 0 Å². The molecular weight excluding hydrogens is 290 g/mol. The Morgan fingerprint density at radius 3 is 2.65 bits per heavy atom. The zero-order valence-electron chi connectivity index (χ0n) is 13.9. The molecule has 0 aliphatic carbocycles. The molecule has 2 bridgehead atoms. The van der Waals surface area contributed by atoms with Crippen LogP contribution in [0.25, 0.3) is 0 Å². The van der Waals surface area contributed by atoms with Crippen molar-refractivity contribution in [3.63, 3.8) is 0 Å². The third-order valence-electron chi connectivity index (χ3n) is 5.59. The van der Waals surface area contributed by atoms with Crippen molar-refractivity contribution in [1.29, 1.82) is 0 Å². The maximum Gasteiger partial charge on any atom is 0.302 e. The quantitative estimate of drug-likeness (QED) is 0.619. The second-order valence-electron chi connectivity index (χ2n) is 6.92. The monoisotopic (exact) mass is 315 g/mol. The minimum atomic E-state index is -0.235. The molecule has 4 unspecified atom stereocenters. The van der Waals surface area contributed by atoms with E-state index in [2.05, 4.69) is 11.9 Å². The van der Waals surface area contributed by atoms with Gasteiger partial charge in [-0.3, -0.25) is 9.59 Å². The van der Waals surface area contributed by atoms with Crippen molar-refractivity contribution in [3.05, 3.63) is 35.9 Å². The van der Waals surface area contributed by atoms with Crippen molar-refractivity contribution in [3.8, 4) is 0 Å². The SMILES string of the molecule is CC(=O)OCC1C(CC(=O)c2ccccc2)CC2CCC1N2C. The average Bonchev–Trinajstić information content (AvgIpc) is 2.79. The van der Waals surface area contributed by atoms with E-state index in [-0.39, 0.29) is 17.7 Å². The van der Waals surface area contributed by atoms with Gasteiger partial charge in [0.1, 0.15) is 0 Å². The fraction of sp³-hybridized carbons (Fsp3) is 0.579. The number of hydrogen-bond donors (Lipinski definition) is 0. The molecule has 3 rings (SSSR count). The normalized spacial score (nSPS) is 30.2. The molecule has 2 fully saturated rings. The average molecular weight is 315 g/mol. The first-order valence-corrected chi connectivity index (χ1v) is 8.50. The van der Waals surface area contributed by atoms with Crippen LogP contribution in [-0.2, 0) is 9.53 Å². The molecule has 2 aliphatic rings. The molecule has 4 heteroatoms. The Morgan fingerprint density at radius 2 is 1.96 bits per heavy atom. The number of Topliss-reactive ketones (excluding diaryl/α,β-unsaturated/α-hetero) is 1. The fourth-order valence-electron chi connectivity index (χ4n) is 4.36. The molecule has 2 heterocycles. The number of ketones is 1. The minimum absolute atomic E-state index is 0.201. The zero-order chi connectivity index (χ0) is 16.4. The Kier molecular flexibility index (Phi) is 4.81. The van der Waals surface area contributed by atoms with Gasteiger partial charge in [-0.2, -0.15) is 0 Å². The predicted octanol–water partition coefficient (Wildman–Crippen LogP) is 2.92. The molecule has 1 aromatic carbocycles. The molecule has 4 nitrogen and oxygen atoms in total. The number of ether oxygens (including phenoxy) is 1. The van der Waals surface area contributed by atoms with E-state index < -0.39 is 0 Å². The van der Waals surface area contributed by atoms with E-state index in [4.69, 9.17) is 4.74 Å². The molecule has 0 radical (unpaired) electrons. The summed E-state index contributed by atoms with van der Waals surface area (Å²) in [5.41, 5.74) is 0.782. The molecule has 0 saturated carbocycles. The van der Waals surface area contributed by atoms with Gasteiger partial charge in [0.25, 0.3) is 0 Å². The third-order valence-corrected chi connectivity index (χ3v) is 5.59. The van der Waals surface area contributed by atoms with Crippen molar-refractivity contribution in [1.82, 2.24) is 4.90 Å². The number of nitrogens with zero attached hydrogens (tertiary/aromatic N) is 1. The summed E-state index contributed by atoms with van der Waals surface area (Å²) in [4.78, 5) is 26.2. The molecule has 1 aromatic rings. The largest absolute Gasteiger partial charge is 0.466 e. The highest BCUT2D eigenvalue weighted by molar-refractivity contribution is 5.96. The first kappa shape index (κ1) is 16.2. The van der Waals surface area contributed by atoms with E-state index >= 15 is 0 Å². The molecule has 23 heavy (non-hydrogen) atoms. The number of benzene rings is 1. The Morgan fingerprint density at radius 1 is 1.22 bits per heavy atom. The van der Waals surface area contributed by atoms with Crippen molar-refractivity contribution in [2.24, 2.45) is 11.8 Å². The van der Waals surface area contributed by atoms with Gasteiger partial charge in [0.15, 0.2) is 5.78 Å². The van der Waals surface area contributed by atoms with Crippen LogP contribution >= 0.6 is 0 Å². The number of fused-ring (bicyclic) bond motifs is 2. The van der Waals surface area contributed by atoms with Gasteiger partial charge in [0.05, 0.1) is 6.61 Å². The number of esters is 1. The topological polar surface area (TPSA) is 46.6 Å². The summed E-state index contributed by atoms with van der Waals surface area (Å²) >= 11 is 0. The summed E-state index contributed by atoms with van der Waals surface area (Å²) in [5, 5.41) is 0. The maximum absolute atomic E-state index is 12.6. The molecule has 2 saturated heterocycles. The summed E-state index contributed by atoms with van der Waals surface area (Å²) in [6.07, 6.45) is 3.91. The summed E-state index contributed by atoms with van der Waals surface area (Å²) in [7, 11) is 2.17. The van der Waals surface area contributed by atoms with Crippen LogP contribution in [0.1, 0.15) is 43.0 Å². The summed E-state index contributed by atoms with van der Waals surface area (Å²) in [6.45, 7) is 1.89. The number of carbonyl (C=O) groups is 2. The number of piperidine rings is 1. The maximum atomic E-state index is 12.6. The smallest absolute Gasteiger partial charge is 0.302 e. The lowest BCUT2D eigenvalue weighted by atomic mass is 9.77. The molecule has 0 spiro atoms. The van der Waals surface area contributed by atoms with E-state index in [1.54, 1.807) is 0 Å². The number of hydrogen-bond acceptors (Lipinski definition) is 4. The van der Waals surface area contributed by atoms with Crippen LogP contribution in [0.5, 0.6) is 0 Å². The van der Waals surface area contributed by atoms with Gasteiger partial charge >= 0.3 is 5.97 Å². The summed E-state index contributed by atoms with van der Waals surface area (Å²) in [6, 6.07) is 10.5. The standard InChI is InChI=1S/C19H25NO3/c1-13(21)23-12-17-15(10-16-8-9-18(17)20(16)2)11-19(22)14-6-4-3-5-7-14/h3-7,15-18H,8-12H2,1-2H3. The van der Waals surface area contributed by atoms with Crippen molar-refractivity contribution in [2.45, 2.75) is 44.7 Å². The Bertz CT molecular complexity index is 571. The lowest BCUT2D eigenvalue weighted by Crippen LogP contribution is -2.48. The van der Waals surface area contributed by atoms with Crippen LogP contribution < -0.4 is 0 Å². The predicted molar refractivity (Wildman–Crippen MR) is 88.2 cm³/mol. The molecule has 0 aromatic heterocycles. The molecule has 124 valence electrons. The first-order valence-electron chi connectivity index (χ1n) is 8.50. The Balaban J connectivity index is 1.73. The van der Waals surface area contributed by atoms with Gasteiger partial charge in [0.2, 0.25) is 0 Å². The van der Waals surface area contributed by atoms with Crippen LogP contribution in [0.15, 0.2) is 30.3 Å². The van der Waals surface area contributed by atoms with E-state index in [0.717, 1.165) is 18.4 Å². The van der Waals surface area contributed by atoms with Crippen LogP contribution in [0.4, 0.5) is 0 Å². The van der Waals surface area contributed by atoms with Crippen LogP contribution in [0.2, 0.25) is 0 Å². The Labute approximate surface area is 137 Å². The fourth-order valence-corrected chi connectivity index (χ4v) is 4.36. The second kappa shape index (κ2) is 6.83. The van der Waals surface area contributed by atoms with Gasteiger partial charge < -0.3 is 9.64 Å². The number of carbonyl (C=O) groups excluding carboxylic acids is 2. The van der Waals surface area contributed by atoms with Crippen LogP contribution in [0.3, 0.4) is 0 Å². The third kappa shape index (κ3) is 3.47. The van der Waals surface area contributed by atoms with E-state index in [1.165, 1.54) is 13.3 Å². The van der Waals surface area contributed by atoms with Crippen LogP contribution in [0, 0.1) is 11.8 Å². The second-order valence-corrected chi connectivity index (χ2v) is 6.92. The summed E-state index contributed by atoms with van der Waals surface area (Å²) < 4.78 is 5.32. The zero-order valence-corrected chi connectivity index (χ0v) is 13.9. The van der Waals surface area contributed by atoms with Crippen molar-refractivity contribution >= 4 is 11.8 Å². The van der Waals surface area contributed by atoms with Gasteiger partial charge in [0, 0.05) is 36.9 Å². The minimum Gasteiger partial charge on any atom is -0.466 e. The molecule has 4 atom stereocenters. The first-order chi connectivity index (χ1) is 11.1. The highest BCUT2D eigenvalue weighted by Gasteiger charge is 2.46. The molecule has 2 aliphatic heterocycles. The highest BCUT2D eigenvalue weighted by Crippen LogP contribution is 2.43. The highest BCUT2D eigenvalue weighted by atomic mass is 16.5. The number of rotatable bonds is 5. The van der Waals surface area contributed by atoms with E-state index in [9.17, 15) is 9.59 Å². The lowest BCUT2D eigenvalue weighted by Gasteiger charge is -2.42. The van der Waals surface area contributed by atoms with Gasteiger partial charge in [-0.15, -0.1) is 0 Å². The van der Waals surface area contributed by atoms with Crippen LogP contribution in [-0.4, -0.2) is 42.4 Å². The van der Waals surface area contributed by atoms with E-state index in [1.807, 2.05) is 30.3 Å². The van der Waals surface area contributed by atoms with Crippen molar-refractivity contribution in [2.75, 3.05) is 13.7 Å². The molecule has 0 amide bonds.